The van der Waals surface area contributed by atoms with Gasteiger partial charge in [-0.25, -0.2) is 9.78 Å². The lowest BCUT2D eigenvalue weighted by atomic mass is 10.2. The minimum atomic E-state index is -1.20. The van der Waals surface area contributed by atoms with Gasteiger partial charge >= 0.3 is 5.97 Å². The number of thiazole rings is 1. The molecule has 0 spiro atoms. The van der Waals surface area contributed by atoms with Gasteiger partial charge in [0.05, 0.1) is 12.3 Å². The number of nitrogens with zero attached hydrogens (tertiary/aromatic N) is 1. The van der Waals surface area contributed by atoms with E-state index in [0.29, 0.717) is 0 Å². The van der Waals surface area contributed by atoms with E-state index in [2.05, 4.69) is 10.3 Å². The van der Waals surface area contributed by atoms with Gasteiger partial charge in [0.2, 0.25) is 5.76 Å². The van der Waals surface area contributed by atoms with Crippen LogP contribution < -0.4 is 5.32 Å². The van der Waals surface area contributed by atoms with Gasteiger partial charge in [-0.2, -0.15) is 0 Å². The molecule has 2 aromatic heterocycles. The zero-order valence-corrected chi connectivity index (χ0v) is 10.2. The third-order valence-electron chi connectivity index (χ3n) is 2.27. The molecular weight excluding hydrogens is 256 g/mol. The Bertz CT molecular complexity index is 561. The molecule has 0 aliphatic heterocycles. The minimum absolute atomic E-state index is 0.154. The number of carbonyl (C=O) groups excluding carboxylic acids is 1. The highest BCUT2D eigenvalue weighted by Gasteiger charge is 2.22. The molecule has 2 heterocycles. The van der Waals surface area contributed by atoms with Gasteiger partial charge in [0.25, 0.3) is 5.91 Å². The number of furan rings is 1. The Morgan fingerprint density at radius 1 is 1.56 bits per heavy atom. The van der Waals surface area contributed by atoms with Crippen molar-refractivity contribution in [2.75, 3.05) is 0 Å². The summed E-state index contributed by atoms with van der Waals surface area (Å²) < 4.78 is 4.90. The highest BCUT2D eigenvalue weighted by molar-refractivity contribution is 7.09. The fourth-order valence-electron chi connectivity index (χ4n) is 1.43. The molecule has 2 aromatic rings. The maximum absolute atomic E-state index is 11.8. The number of rotatable bonds is 4. The largest absolute Gasteiger partial charge is 0.478 e. The molecule has 1 amide bonds. The number of aromatic nitrogens is 1. The lowest BCUT2D eigenvalue weighted by molar-refractivity contribution is 0.0687. The van der Waals surface area contributed by atoms with Crippen LogP contribution in [0.15, 0.2) is 28.3 Å². The van der Waals surface area contributed by atoms with E-state index >= 15 is 0 Å². The molecule has 1 unspecified atom stereocenters. The van der Waals surface area contributed by atoms with E-state index in [0.717, 1.165) is 5.01 Å². The monoisotopic (exact) mass is 266 g/mol. The van der Waals surface area contributed by atoms with Gasteiger partial charge in [-0.3, -0.25) is 4.79 Å². The second-order valence-electron chi connectivity index (χ2n) is 3.53. The maximum atomic E-state index is 11.8. The Balaban J connectivity index is 2.13. The number of amides is 1. The summed E-state index contributed by atoms with van der Waals surface area (Å²) in [6.07, 6.45) is 2.81. The average Bonchev–Trinajstić information content (AvgIpc) is 3.00. The summed E-state index contributed by atoms with van der Waals surface area (Å²) in [6.45, 7) is 1.76. The molecule has 2 N–H and O–H groups in total. The summed E-state index contributed by atoms with van der Waals surface area (Å²) in [5.41, 5.74) is -0.154. The van der Waals surface area contributed by atoms with Crippen LogP contribution in [0.1, 0.15) is 38.9 Å². The lowest BCUT2D eigenvalue weighted by Crippen LogP contribution is -2.27. The Labute approximate surface area is 106 Å². The van der Waals surface area contributed by atoms with Crippen LogP contribution in [0, 0.1) is 0 Å². The van der Waals surface area contributed by atoms with Gasteiger partial charge in [-0.15, -0.1) is 11.3 Å². The first-order valence-corrected chi connectivity index (χ1v) is 5.98. The van der Waals surface area contributed by atoms with E-state index in [1.54, 1.807) is 18.5 Å². The number of aromatic carboxylic acids is 1. The van der Waals surface area contributed by atoms with Crippen LogP contribution in [0.5, 0.6) is 0 Å². The zero-order valence-electron chi connectivity index (χ0n) is 9.41. The SMILES string of the molecule is CC(NC(=O)c1occc1C(=O)O)c1nccs1. The summed E-state index contributed by atoms with van der Waals surface area (Å²) in [4.78, 5) is 26.8. The summed E-state index contributed by atoms with van der Waals surface area (Å²) in [5.74, 6) is -1.97. The summed E-state index contributed by atoms with van der Waals surface area (Å²) in [5, 5.41) is 14.0. The summed E-state index contributed by atoms with van der Waals surface area (Å²) in [7, 11) is 0. The molecule has 94 valence electrons. The van der Waals surface area contributed by atoms with Crippen LogP contribution >= 0.6 is 11.3 Å². The fourth-order valence-corrected chi connectivity index (χ4v) is 2.07. The standard InChI is InChI=1S/C11H10N2O4S/c1-6(10-12-3-5-18-10)13-9(14)8-7(11(15)16)2-4-17-8/h2-6H,1H3,(H,13,14)(H,15,16). The second kappa shape index (κ2) is 5.01. The predicted molar refractivity (Wildman–Crippen MR) is 63.7 cm³/mol. The molecular formula is C11H10N2O4S. The predicted octanol–water partition coefficient (Wildman–Crippen LogP) is 1.93. The van der Waals surface area contributed by atoms with Crippen LogP contribution in [0.4, 0.5) is 0 Å². The van der Waals surface area contributed by atoms with Crippen molar-refractivity contribution in [3.05, 3.63) is 40.2 Å². The summed E-state index contributed by atoms with van der Waals surface area (Å²) >= 11 is 1.41. The third-order valence-corrected chi connectivity index (χ3v) is 3.23. The van der Waals surface area contributed by atoms with Gasteiger partial charge in [-0.1, -0.05) is 0 Å². The van der Waals surface area contributed by atoms with Crippen molar-refractivity contribution in [2.45, 2.75) is 13.0 Å². The zero-order chi connectivity index (χ0) is 13.1. The van der Waals surface area contributed by atoms with Gasteiger partial charge in [-0.05, 0) is 13.0 Å². The van der Waals surface area contributed by atoms with Crippen LogP contribution in [-0.4, -0.2) is 22.0 Å². The van der Waals surface area contributed by atoms with Gasteiger partial charge in [0.15, 0.2) is 0 Å². The van der Waals surface area contributed by atoms with Crippen molar-refractivity contribution in [1.29, 1.82) is 0 Å². The molecule has 0 saturated carbocycles. The number of carbonyl (C=O) groups is 2. The van der Waals surface area contributed by atoms with Gasteiger partial charge in [0.1, 0.15) is 10.6 Å². The van der Waals surface area contributed by atoms with E-state index in [9.17, 15) is 9.59 Å². The first-order valence-electron chi connectivity index (χ1n) is 5.10. The maximum Gasteiger partial charge on any atom is 0.339 e. The van der Waals surface area contributed by atoms with Crippen molar-refractivity contribution in [2.24, 2.45) is 0 Å². The molecule has 6 nitrogen and oxygen atoms in total. The fraction of sp³-hybridized carbons (Fsp3) is 0.182. The lowest BCUT2D eigenvalue weighted by Gasteiger charge is -2.09. The third kappa shape index (κ3) is 2.40. The molecule has 1 atom stereocenters. The quantitative estimate of drug-likeness (QED) is 0.882. The van der Waals surface area contributed by atoms with Crippen molar-refractivity contribution in [3.8, 4) is 0 Å². The van der Waals surface area contributed by atoms with E-state index in [1.165, 1.54) is 23.7 Å². The molecule has 0 saturated heterocycles. The van der Waals surface area contributed by atoms with Crippen LogP contribution in [0.3, 0.4) is 0 Å². The molecule has 0 aliphatic rings. The highest BCUT2D eigenvalue weighted by Crippen LogP contribution is 2.17. The first-order chi connectivity index (χ1) is 8.59. The van der Waals surface area contributed by atoms with Gasteiger partial charge < -0.3 is 14.8 Å². The van der Waals surface area contributed by atoms with Crippen LogP contribution in [-0.2, 0) is 0 Å². The molecule has 0 bridgehead atoms. The Kier molecular flexibility index (Phi) is 3.42. The second-order valence-corrected chi connectivity index (χ2v) is 4.46. The topological polar surface area (TPSA) is 92.4 Å². The van der Waals surface area contributed by atoms with Crippen molar-refractivity contribution < 1.29 is 19.1 Å². The van der Waals surface area contributed by atoms with Crippen LogP contribution in [0.2, 0.25) is 0 Å². The van der Waals surface area contributed by atoms with E-state index in [1.807, 2.05) is 0 Å². The Hall–Kier alpha value is -2.15. The number of nitrogens with one attached hydrogen (secondary N) is 1. The highest BCUT2D eigenvalue weighted by atomic mass is 32.1. The molecule has 0 radical (unpaired) electrons. The normalized spacial score (nSPS) is 12.1. The first kappa shape index (κ1) is 12.3. The molecule has 7 heteroatoms. The van der Waals surface area contributed by atoms with Crippen molar-refractivity contribution >= 4 is 23.2 Å². The van der Waals surface area contributed by atoms with Gasteiger partial charge in [0, 0.05) is 11.6 Å². The Morgan fingerprint density at radius 3 is 2.94 bits per heavy atom. The van der Waals surface area contributed by atoms with E-state index in [4.69, 9.17) is 9.52 Å². The average molecular weight is 266 g/mol. The smallest absolute Gasteiger partial charge is 0.339 e. The summed E-state index contributed by atoms with van der Waals surface area (Å²) in [6, 6.07) is 0.940. The minimum Gasteiger partial charge on any atom is -0.478 e. The van der Waals surface area contributed by atoms with Crippen LogP contribution in [0.25, 0.3) is 0 Å². The molecule has 0 aromatic carbocycles. The van der Waals surface area contributed by atoms with Crippen molar-refractivity contribution in [1.82, 2.24) is 10.3 Å². The Morgan fingerprint density at radius 2 is 2.33 bits per heavy atom. The number of carboxylic acids is 1. The molecule has 0 aliphatic carbocycles. The number of hydrogen-bond donors (Lipinski definition) is 2. The van der Waals surface area contributed by atoms with Crippen molar-refractivity contribution in [3.63, 3.8) is 0 Å². The number of carboxylic acid groups (broad SMARTS) is 1. The number of hydrogen-bond acceptors (Lipinski definition) is 5. The molecule has 2 rings (SSSR count). The molecule has 18 heavy (non-hydrogen) atoms. The molecule has 0 fully saturated rings. The van der Waals surface area contributed by atoms with E-state index in [-0.39, 0.29) is 17.4 Å². The van der Waals surface area contributed by atoms with E-state index < -0.39 is 11.9 Å².